The lowest BCUT2D eigenvalue weighted by molar-refractivity contribution is -0.142. The summed E-state index contributed by atoms with van der Waals surface area (Å²) in [5.74, 6) is -1.93. The number of carbonyl (C=O) groups is 2. The molecule has 1 aliphatic heterocycles. The van der Waals surface area contributed by atoms with Gasteiger partial charge in [-0.3, -0.25) is 9.59 Å². The van der Waals surface area contributed by atoms with Crippen LogP contribution in [-0.2, 0) is 16.0 Å². The van der Waals surface area contributed by atoms with E-state index in [2.05, 4.69) is 10.6 Å². The van der Waals surface area contributed by atoms with E-state index >= 15 is 0 Å². The molecule has 6 heteroatoms. The normalized spacial score (nSPS) is 22.7. The molecule has 0 aliphatic carbocycles. The highest BCUT2D eigenvalue weighted by molar-refractivity contribution is 6.00. The van der Waals surface area contributed by atoms with Crippen molar-refractivity contribution in [3.8, 4) is 6.07 Å². The molecule has 0 radical (unpaired) electrons. The SMILES string of the molecule is CCC1(Cc2ccccc2)NC(=O)C(C(C)c2c(F)cccc2C#N)NC1=O. The smallest absolute Gasteiger partial charge is 0.246 e. The Hall–Kier alpha value is -3.20. The molecule has 0 saturated carbocycles. The molecule has 1 fully saturated rings. The van der Waals surface area contributed by atoms with Gasteiger partial charge in [0.25, 0.3) is 0 Å². The maximum absolute atomic E-state index is 14.4. The van der Waals surface area contributed by atoms with E-state index in [1.54, 1.807) is 6.92 Å². The molecule has 2 N–H and O–H groups in total. The molecular formula is C22H22FN3O2. The molecule has 1 heterocycles. The Morgan fingerprint density at radius 3 is 2.54 bits per heavy atom. The molecule has 3 atom stereocenters. The molecule has 144 valence electrons. The van der Waals surface area contributed by atoms with Crippen LogP contribution in [0, 0.1) is 17.1 Å². The third-order valence-electron chi connectivity index (χ3n) is 5.45. The first-order valence-electron chi connectivity index (χ1n) is 9.27. The van der Waals surface area contributed by atoms with Crippen molar-refractivity contribution in [1.29, 1.82) is 5.26 Å². The van der Waals surface area contributed by atoms with E-state index in [0.29, 0.717) is 12.8 Å². The first-order valence-corrected chi connectivity index (χ1v) is 9.27. The second-order valence-electron chi connectivity index (χ2n) is 7.14. The first kappa shape index (κ1) is 19.6. The van der Waals surface area contributed by atoms with Crippen molar-refractivity contribution in [1.82, 2.24) is 10.6 Å². The molecule has 5 nitrogen and oxygen atoms in total. The lowest BCUT2D eigenvalue weighted by Gasteiger charge is -2.41. The van der Waals surface area contributed by atoms with E-state index in [9.17, 15) is 19.2 Å². The van der Waals surface area contributed by atoms with Crippen molar-refractivity contribution >= 4 is 11.8 Å². The van der Waals surface area contributed by atoms with Crippen molar-refractivity contribution in [2.45, 2.75) is 44.2 Å². The van der Waals surface area contributed by atoms with Crippen LogP contribution in [0.3, 0.4) is 0 Å². The fraction of sp³-hybridized carbons (Fsp3) is 0.318. The minimum absolute atomic E-state index is 0.137. The van der Waals surface area contributed by atoms with Crippen LogP contribution >= 0.6 is 0 Å². The zero-order valence-corrected chi connectivity index (χ0v) is 15.8. The van der Waals surface area contributed by atoms with Crippen molar-refractivity contribution in [3.05, 3.63) is 71.0 Å². The fourth-order valence-electron chi connectivity index (χ4n) is 3.77. The van der Waals surface area contributed by atoms with Crippen LogP contribution in [0.5, 0.6) is 0 Å². The van der Waals surface area contributed by atoms with Crippen LogP contribution < -0.4 is 10.6 Å². The predicted molar refractivity (Wildman–Crippen MR) is 103 cm³/mol. The fourth-order valence-corrected chi connectivity index (χ4v) is 3.77. The quantitative estimate of drug-likeness (QED) is 0.838. The summed E-state index contributed by atoms with van der Waals surface area (Å²) in [7, 11) is 0. The van der Waals surface area contributed by atoms with Gasteiger partial charge in [0.2, 0.25) is 11.8 Å². The zero-order chi connectivity index (χ0) is 20.3. The monoisotopic (exact) mass is 379 g/mol. The molecule has 2 amide bonds. The summed E-state index contributed by atoms with van der Waals surface area (Å²) in [5, 5.41) is 14.9. The number of hydrogen-bond acceptors (Lipinski definition) is 3. The topological polar surface area (TPSA) is 82.0 Å². The zero-order valence-electron chi connectivity index (χ0n) is 15.8. The van der Waals surface area contributed by atoms with Gasteiger partial charge in [-0.2, -0.15) is 5.26 Å². The molecule has 28 heavy (non-hydrogen) atoms. The van der Waals surface area contributed by atoms with Gasteiger partial charge in [0.05, 0.1) is 11.6 Å². The Labute approximate surface area is 163 Å². The number of amides is 2. The number of piperazine rings is 1. The van der Waals surface area contributed by atoms with Crippen molar-refractivity contribution in [3.63, 3.8) is 0 Å². The minimum Gasteiger partial charge on any atom is -0.342 e. The van der Waals surface area contributed by atoms with Gasteiger partial charge in [-0.1, -0.05) is 50.2 Å². The molecule has 3 rings (SSSR count). The average molecular weight is 379 g/mol. The summed E-state index contributed by atoms with van der Waals surface area (Å²) in [6, 6.07) is 14.7. The minimum atomic E-state index is -1.05. The lowest BCUT2D eigenvalue weighted by atomic mass is 9.81. The van der Waals surface area contributed by atoms with Gasteiger partial charge < -0.3 is 10.6 Å². The summed E-state index contributed by atoms with van der Waals surface area (Å²) in [6.45, 7) is 3.48. The maximum atomic E-state index is 14.4. The highest BCUT2D eigenvalue weighted by Crippen LogP contribution is 2.30. The summed E-state index contributed by atoms with van der Waals surface area (Å²) in [6.07, 6.45) is 0.788. The van der Waals surface area contributed by atoms with Crippen molar-refractivity contribution < 1.29 is 14.0 Å². The van der Waals surface area contributed by atoms with Crippen LogP contribution in [0.2, 0.25) is 0 Å². The lowest BCUT2D eigenvalue weighted by Crippen LogP contribution is -2.70. The number of benzene rings is 2. The van der Waals surface area contributed by atoms with Crippen LogP contribution in [0.4, 0.5) is 4.39 Å². The van der Waals surface area contributed by atoms with Gasteiger partial charge >= 0.3 is 0 Å². The van der Waals surface area contributed by atoms with Crippen LogP contribution in [-0.4, -0.2) is 23.4 Å². The summed E-state index contributed by atoms with van der Waals surface area (Å²) in [4.78, 5) is 25.9. The van der Waals surface area contributed by atoms with E-state index in [1.165, 1.54) is 18.2 Å². The Morgan fingerprint density at radius 2 is 1.89 bits per heavy atom. The van der Waals surface area contributed by atoms with E-state index in [0.717, 1.165) is 5.56 Å². The molecule has 1 saturated heterocycles. The van der Waals surface area contributed by atoms with E-state index in [1.807, 2.05) is 43.3 Å². The van der Waals surface area contributed by atoms with Crippen molar-refractivity contribution in [2.24, 2.45) is 0 Å². The number of nitrogens with zero attached hydrogens (tertiary/aromatic N) is 1. The number of nitriles is 1. The number of hydrogen-bond donors (Lipinski definition) is 2. The van der Waals surface area contributed by atoms with E-state index in [4.69, 9.17) is 0 Å². The highest BCUT2D eigenvalue weighted by atomic mass is 19.1. The Morgan fingerprint density at radius 1 is 1.18 bits per heavy atom. The molecule has 1 aliphatic rings. The number of carbonyl (C=O) groups excluding carboxylic acids is 2. The van der Waals surface area contributed by atoms with Gasteiger partial charge in [0.1, 0.15) is 17.4 Å². The van der Waals surface area contributed by atoms with Gasteiger partial charge in [0, 0.05) is 17.9 Å². The van der Waals surface area contributed by atoms with Crippen LogP contribution in [0.1, 0.15) is 42.9 Å². The molecule has 3 unspecified atom stereocenters. The van der Waals surface area contributed by atoms with E-state index in [-0.39, 0.29) is 22.9 Å². The molecule has 0 aromatic heterocycles. The second kappa shape index (κ2) is 7.81. The Kier molecular flexibility index (Phi) is 5.46. The summed E-state index contributed by atoms with van der Waals surface area (Å²) >= 11 is 0. The van der Waals surface area contributed by atoms with Gasteiger partial charge in [-0.15, -0.1) is 0 Å². The Balaban J connectivity index is 1.88. The predicted octanol–water partition coefficient (Wildman–Crippen LogP) is 2.81. The number of halogens is 1. The molecule has 0 bridgehead atoms. The first-order chi connectivity index (χ1) is 13.4. The third kappa shape index (κ3) is 3.48. The molecule has 2 aromatic carbocycles. The number of rotatable bonds is 5. The van der Waals surface area contributed by atoms with Crippen LogP contribution in [0.15, 0.2) is 48.5 Å². The summed E-state index contributed by atoms with van der Waals surface area (Å²) < 4.78 is 14.4. The Bertz CT molecular complexity index is 939. The third-order valence-corrected chi connectivity index (χ3v) is 5.45. The highest BCUT2D eigenvalue weighted by Gasteiger charge is 2.47. The van der Waals surface area contributed by atoms with Crippen LogP contribution in [0.25, 0.3) is 0 Å². The maximum Gasteiger partial charge on any atom is 0.246 e. The second-order valence-corrected chi connectivity index (χ2v) is 7.14. The molecule has 2 aromatic rings. The van der Waals surface area contributed by atoms with Crippen molar-refractivity contribution in [2.75, 3.05) is 0 Å². The standard InChI is InChI=1S/C22H22FN3O2/c1-3-22(12-15-8-5-4-6-9-15)21(28)25-19(20(27)26-22)14(2)18-16(13-24)10-7-11-17(18)23/h4-11,14,19H,3,12H2,1-2H3,(H,25,28)(H,26,27). The number of nitrogens with one attached hydrogen (secondary N) is 2. The van der Waals surface area contributed by atoms with Gasteiger partial charge in [-0.25, -0.2) is 4.39 Å². The van der Waals surface area contributed by atoms with Gasteiger partial charge in [-0.05, 0) is 24.1 Å². The molecule has 0 spiro atoms. The molecular weight excluding hydrogens is 357 g/mol. The average Bonchev–Trinajstić information content (AvgIpc) is 2.70. The van der Waals surface area contributed by atoms with E-state index < -0.39 is 23.3 Å². The summed E-state index contributed by atoms with van der Waals surface area (Å²) in [5.41, 5.74) is 0.179. The van der Waals surface area contributed by atoms with Gasteiger partial charge in [0.15, 0.2) is 0 Å². The largest absolute Gasteiger partial charge is 0.342 e.